The summed E-state index contributed by atoms with van der Waals surface area (Å²) in [5, 5.41) is 24.5. The van der Waals surface area contributed by atoms with Crippen molar-refractivity contribution in [2.45, 2.75) is 25.2 Å². The Labute approximate surface area is 166 Å². The SMILES string of the molecule is O=C(Nc1scc(C2CCc3ccccc3C2)c1C(=O)O)c1ccccc1O. The van der Waals surface area contributed by atoms with Crippen LogP contribution in [0.2, 0.25) is 0 Å². The number of fused-ring (bicyclic) bond motifs is 1. The Morgan fingerprint density at radius 1 is 1.04 bits per heavy atom. The van der Waals surface area contributed by atoms with Crippen LogP contribution in [-0.2, 0) is 12.8 Å². The van der Waals surface area contributed by atoms with E-state index in [9.17, 15) is 19.8 Å². The number of thiophene rings is 1. The molecule has 28 heavy (non-hydrogen) atoms. The van der Waals surface area contributed by atoms with Gasteiger partial charge in [0.1, 0.15) is 10.8 Å². The quantitative estimate of drug-likeness (QED) is 0.601. The fourth-order valence-corrected chi connectivity index (χ4v) is 4.81. The minimum atomic E-state index is -1.05. The van der Waals surface area contributed by atoms with E-state index < -0.39 is 11.9 Å². The Morgan fingerprint density at radius 2 is 1.75 bits per heavy atom. The van der Waals surface area contributed by atoms with Crippen molar-refractivity contribution in [2.75, 3.05) is 5.32 Å². The lowest BCUT2D eigenvalue weighted by molar-refractivity contribution is 0.0696. The predicted molar refractivity (Wildman–Crippen MR) is 109 cm³/mol. The van der Waals surface area contributed by atoms with Gasteiger partial charge in [0.15, 0.2) is 0 Å². The third-order valence-corrected chi connectivity index (χ3v) is 6.11. The van der Waals surface area contributed by atoms with Gasteiger partial charge in [-0.05, 0) is 59.4 Å². The topological polar surface area (TPSA) is 86.6 Å². The van der Waals surface area contributed by atoms with Gasteiger partial charge in [0, 0.05) is 0 Å². The van der Waals surface area contributed by atoms with Crippen molar-refractivity contribution in [1.29, 1.82) is 0 Å². The molecule has 3 aromatic rings. The van der Waals surface area contributed by atoms with Gasteiger partial charge in [0.25, 0.3) is 5.91 Å². The first kappa shape index (κ1) is 18.3. The minimum absolute atomic E-state index is 0.105. The second-order valence-corrected chi connectivity index (χ2v) is 7.76. The Bertz CT molecular complexity index is 1060. The van der Waals surface area contributed by atoms with E-state index in [0.717, 1.165) is 24.8 Å². The summed E-state index contributed by atoms with van der Waals surface area (Å²) in [4.78, 5) is 24.5. The van der Waals surface area contributed by atoms with Crippen LogP contribution in [0.3, 0.4) is 0 Å². The van der Waals surface area contributed by atoms with E-state index in [4.69, 9.17) is 0 Å². The van der Waals surface area contributed by atoms with E-state index in [1.54, 1.807) is 12.1 Å². The molecular weight excluding hydrogens is 374 g/mol. The number of carbonyl (C=O) groups is 2. The highest BCUT2D eigenvalue weighted by molar-refractivity contribution is 7.15. The standard InChI is InChI=1S/C22H19NO4S/c24-18-8-4-3-7-16(18)20(25)23-21-19(22(26)27)17(12-28-21)15-10-9-13-5-1-2-6-14(13)11-15/h1-8,12,15,24H,9-11H2,(H,23,25)(H,26,27). The van der Waals surface area contributed by atoms with E-state index >= 15 is 0 Å². The number of aromatic hydroxyl groups is 1. The van der Waals surface area contributed by atoms with Crippen LogP contribution in [0.5, 0.6) is 5.75 Å². The van der Waals surface area contributed by atoms with E-state index in [0.29, 0.717) is 5.00 Å². The molecule has 4 rings (SSSR count). The number of amides is 1. The van der Waals surface area contributed by atoms with E-state index in [2.05, 4.69) is 17.4 Å². The molecule has 1 amide bonds. The Morgan fingerprint density at radius 3 is 2.50 bits per heavy atom. The second-order valence-electron chi connectivity index (χ2n) is 6.88. The Kier molecular flexibility index (Phi) is 4.88. The highest BCUT2D eigenvalue weighted by Crippen LogP contribution is 2.40. The molecule has 3 N–H and O–H groups in total. The monoisotopic (exact) mass is 393 g/mol. The second kappa shape index (κ2) is 7.48. The minimum Gasteiger partial charge on any atom is -0.507 e. The zero-order valence-electron chi connectivity index (χ0n) is 15.0. The van der Waals surface area contributed by atoms with E-state index in [-0.39, 0.29) is 22.8 Å². The molecule has 1 aliphatic carbocycles. The third kappa shape index (κ3) is 3.39. The predicted octanol–water partition coefficient (Wildman–Crippen LogP) is 4.68. The number of carbonyl (C=O) groups excluding carboxylic acids is 1. The summed E-state index contributed by atoms with van der Waals surface area (Å²) in [6, 6.07) is 14.4. The molecule has 0 bridgehead atoms. The summed E-state index contributed by atoms with van der Waals surface area (Å²) in [5.41, 5.74) is 3.60. The van der Waals surface area contributed by atoms with Gasteiger partial charge in [0.2, 0.25) is 0 Å². The van der Waals surface area contributed by atoms with Crippen LogP contribution in [0.15, 0.2) is 53.9 Å². The van der Waals surface area contributed by atoms with Crippen LogP contribution < -0.4 is 5.32 Å². The highest BCUT2D eigenvalue weighted by Gasteiger charge is 2.28. The number of phenols is 1. The summed E-state index contributed by atoms with van der Waals surface area (Å²) in [6.07, 6.45) is 2.58. The number of benzene rings is 2. The maximum absolute atomic E-state index is 12.5. The van der Waals surface area contributed by atoms with E-state index in [1.807, 2.05) is 17.5 Å². The molecule has 0 radical (unpaired) electrons. The maximum atomic E-state index is 12.5. The fraction of sp³-hybridized carbons (Fsp3) is 0.182. The lowest BCUT2D eigenvalue weighted by Gasteiger charge is -2.24. The number of carboxylic acids is 1. The molecule has 1 unspecified atom stereocenters. The largest absolute Gasteiger partial charge is 0.507 e. The maximum Gasteiger partial charge on any atom is 0.339 e. The number of hydrogen-bond acceptors (Lipinski definition) is 4. The van der Waals surface area contributed by atoms with Crippen LogP contribution in [-0.4, -0.2) is 22.1 Å². The first-order valence-corrected chi connectivity index (χ1v) is 9.93. The summed E-state index contributed by atoms with van der Waals surface area (Å²) < 4.78 is 0. The molecule has 142 valence electrons. The van der Waals surface area contributed by atoms with Crippen molar-refractivity contribution in [3.63, 3.8) is 0 Å². The molecule has 0 saturated heterocycles. The van der Waals surface area contributed by atoms with Crippen molar-refractivity contribution < 1.29 is 19.8 Å². The summed E-state index contributed by atoms with van der Waals surface area (Å²) in [7, 11) is 0. The number of para-hydroxylation sites is 1. The van der Waals surface area contributed by atoms with E-state index in [1.165, 1.54) is 34.6 Å². The average Bonchev–Trinajstić information content (AvgIpc) is 3.11. The van der Waals surface area contributed by atoms with Crippen LogP contribution >= 0.6 is 11.3 Å². The van der Waals surface area contributed by atoms with Gasteiger partial charge in [-0.25, -0.2) is 4.79 Å². The number of anilines is 1. The number of rotatable bonds is 4. The van der Waals surface area contributed by atoms with Gasteiger partial charge in [-0.15, -0.1) is 11.3 Å². The molecule has 1 aliphatic rings. The van der Waals surface area contributed by atoms with Gasteiger partial charge in [-0.2, -0.15) is 0 Å². The van der Waals surface area contributed by atoms with Crippen molar-refractivity contribution in [3.8, 4) is 5.75 Å². The molecule has 0 spiro atoms. The molecular formula is C22H19NO4S. The number of carboxylic acid groups (broad SMARTS) is 1. The van der Waals surface area contributed by atoms with Gasteiger partial charge in [-0.1, -0.05) is 36.4 Å². The molecule has 0 fully saturated rings. The normalized spacial score (nSPS) is 15.6. The van der Waals surface area contributed by atoms with Crippen LogP contribution in [0.4, 0.5) is 5.00 Å². The van der Waals surface area contributed by atoms with Crippen LogP contribution in [0.25, 0.3) is 0 Å². The number of hydrogen-bond donors (Lipinski definition) is 3. The zero-order valence-corrected chi connectivity index (χ0v) is 15.8. The van der Waals surface area contributed by atoms with Crippen LogP contribution in [0.1, 0.15) is 49.7 Å². The molecule has 6 heteroatoms. The molecule has 1 heterocycles. The first-order chi connectivity index (χ1) is 13.5. The molecule has 5 nitrogen and oxygen atoms in total. The van der Waals surface area contributed by atoms with Gasteiger partial charge in [0.05, 0.1) is 11.1 Å². The van der Waals surface area contributed by atoms with Gasteiger partial charge >= 0.3 is 5.97 Å². The number of aryl methyl sites for hydroxylation is 1. The lowest BCUT2D eigenvalue weighted by atomic mass is 9.80. The summed E-state index contributed by atoms with van der Waals surface area (Å²) in [6.45, 7) is 0. The molecule has 1 atom stereocenters. The van der Waals surface area contributed by atoms with Gasteiger partial charge < -0.3 is 15.5 Å². The van der Waals surface area contributed by atoms with Gasteiger partial charge in [-0.3, -0.25) is 4.79 Å². The summed E-state index contributed by atoms with van der Waals surface area (Å²) in [5.74, 6) is -1.61. The van der Waals surface area contributed by atoms with Crippen molar-refractivity contribution in [3.05, 3.63) is 81.7 Å². The smallest absolute Gasteiger partial charge is 0.339 e. The third-order valence-electron chi connectivity index (χ3n) is 5.20. The van der Waals surface area contributed by atoms with Crippen molar-refractivity contribution in [1.82, 2.24) is 0 Å². The Balaban J connectivity index is 1.63. The zero-order chi connectivity index (χ0) is 19.7. The number of phenolic OH excluding ortho intramolecular Hbond substituents is 1. The Hall–Kier alpha value is -3.12. The number of aromatic carboxylic acids is 1. The molecule has 0 saturated carbocycles. The fourth-order valence-electron chi connectivity index (χ4n) is 3.78. The van der Waals surface area contributed by atoms with Crippen LogP contribution in [0, 0.1) is 0 Å². The molecule has 2 aromatic carbocycles. The van der Waals surface area contributed by atoms with Crippen molar-refractivity contribution >= 4 is 28.2 Å². The van der Waals surface area contributed by atoms with Crippen molar-refractivity contribution in [2.24, 2.45) is 0 Å². The molecule has 1 aromatic heterocycles. The average molecular weight is 393 g/mol. The number of nitrogens with one attached hydrogen (secondary N) is 1. The summed E-state index contributed by atoms with van der Waals surface area (Å²) >= 11 is 1.21. The lowest BCUT2D eigenvalue weighted by Crippen LogP contribution is -2.17. The molecule has 0 aliphatic heterocycles. The first-order valence-electron chi connectivity index (χ1n) is 9.05. The highest BCUT2D eigenvalue weighted by atomic mass is 32.1.